The van der Waals surface area contributed by atoms with E-state index >= 15 is 0 Å². The van der Waals surface area contributed by atoms with Gasteiger partial charge in [-0.25, -0.2) is 0 Å². The smallest absolute Gasteiger partial charge is 0.822 e. The molecule has 0 amide bonds. The molecule has 0 aromatic rings. The van der Waals surface area contributed by atoms with Gasteiger partial charge in [0.1, 0.15) is 0 Å². The molecule has 0 fully saturated rings. The Labute approximate surface area is 101 Å². The van der Waals surface area contributed by atoms with E-state index in [1.165, 1.54) is 0 Å². The van der Waals surface area contributed by atoms with E-state index < -0.39 is 7.82 Å². The van der Waals surface area contributed by atoms with Crippen molar-refractivity contribution in [1.82, 2.24) is 0 Å². The fourth-order valence-electron chi connectivity index (χ4n) is 0. The van der Waals surface area contributed by atoms with Crippen LogP contribution in [0.4, 0.5) is 0 Å². The molecule has 0 aromatic heterocycles. The Morgan fingerprint density at radius 1 is 1.00 bits per heavy atom. The molecule has 0 aromatic carbocycles. The first-order valence-corrected chi connectivity index (χ1v) is 2.19. The molecule has 0 saturated heterocycles. The van der Waals surface area contributed by atoms with E-state index in [2.05, 4.69) is 0 Å². The largest absolute Gasteiger partial charge is 4.00 e. The predicted octanol–water partition coefficient (Wildman–Crippen LogP) is -6.58. The maximum atomic E-state index is 8.55. The van der Waals surface area contributed by atoms with Gasteiger partial charge in [-0.15, -0.1) is 0 Å². The zero-order valence-electron chi connectivity index (χ0n) is 4.73. The fraction of sp³-hybridized carbons (Fsp3) is 0. The molecule has 0 atom stereocenters. The third-order valence-corrected chi connectivity index (χ3v) is 0. The molecule has 0 N–H and O–H groups in total. The summed E-state index contributed by atoms with van der Waals surface area (Å²) in [5.41, 5.74) is 0. The zero-order valence-corrected chi connectivity index (χ0v) is 9.50. The van der Waals surface area contributed by atoms with Crippen LogP contribution in [0.1, 0.15) is 0 Å². The van der Waals surface area contributed by atoms with Gasteiger partial charge >= 0.3 is 75.3 Å². The molecule has 0 radical (unpaired) electrons. The Kier molecular flexibility index (Phi) is 43.7. The number of rotatable bonds is 0. The Bertz CT molecular complexity index is 64.7. The molecule has 0 saturated carbocycles. The van der Waals surface area contributed by atoms with Gasteiger partial charge in [0.05, 0.1) is 0 Å². The molecular weight excluding hydrogens is 204 g/mol. The average molecular weight is 204 g/mol. The minimum atomic E-state index is -5.39. The Hall–Kier alpha value is 2.49. The second kappa shape index (κ2) is 13.1. The Morgan fingerprint density at radius 2 is 1.00 bits per heavy atom. The molecule has 0 aliphatic carbocycles. The molecule has 9 heteroatoms. The SMILES string of the molecule is O=P([O-])([O-])[O-].[Al+3].[Al+3].[Li+].[Ti+4]. The number of hydrogen-bond donors (Lipinski definition) is 0. The second-order valence-electron chi connectivity index (χ2n) is 0.447. The van der Waals surface area contributed by atoms with Crippen molar-refractivity contribution >= 4 is 42.5 Å². The van der Waals surface area contributed by atoms with Gasteiger partial charge in [-0.2, -0.15) is 7.82 Å². The van der Waals surface area contributed by atoms with Crippen LogP contribution < -0.4 is 33.5 Å². The van der Waals surface area contributed by atoms with Gasteiger partial charge in [-0.05, 0) is 0 Å². The van der Waals surface area contributed by atoms with Crippen molar-refractivity contribution in [3.63, 3.8) is 0 Å². The van der Waals surface area contributed by atoms with Crippen LogP contribution in [0.5, 0.6) is 0 Å². The van der Waals surface area contributed by atoms with Crippen LogP contribution in [0, 0.1) is 0 Å². The molecule has 0 aliphatic heterocycles. The molecule has 4 nitrogen and oxygen atoms in total. The molecule has 0 heterocycles. The van der Waals surface area contributed by atoms with E-state index in [0.717, 1.165) is 0 Å². The molecule has 9 heavy (non-hydrogen) atoms. The van der Waals surface area contributed by atoms with Gasteiger partial charge < -0.3 is 19.2 Å². The molecule has 0 unspecified atom stereocenters. The predicted molar refractivity (Wildman–Crippen MR) is 19.1 cm³/mol. The van der Waals surface area contributed by atoms with Crippen LogP contribution >= 0.6 is 7.82 Å². The van der Waals surface area contributed by atoms with Crippen molar-refractivity contribution in [3.05, 3.63) is 0 Å². The van der Waals surface area contributed by atoms with Gasteiger partial charge in [0, 0.05) is 0 Å². The topological polar surface area (TPSA) is 86.2 Å². The van der Waals surface area contributed by atoms with Crippen LogP contribution in [0.15, 0.2) is 0 Å². The third kappa shape index (κ3) is 122. The van der Waals surface area contributed by atoms with Gasteiger partial charge in [-0.3, -0.25) is 0 Å². The maximum absolute atomic E-state index is 8.55. The summed E-state index contributed by atoms with van der Waals surface area (Å²) in [5.74, 6) is 0. The molecular formula is Al2LiO4PTi+8. The van der Waals surface area contributed by atoms with E-state index in [0.29, 0.717) is 0 Å². The Morgan fingerprint density at radius 3 is 1.00 bits per heavy atom. The van der Waals surface area contributed by atoms with Crippen molar-refractivity contribution in [2.45, 2.75) is 0 Å². The van der Waals surface area contributed by atoms with Crippen LogP contribution in [0.2, 0.25) is 0 Å². The quantitative estimate of drug-likeness (QED) is 0.290. The standard InChI is InChI=1S/2Al.Li.H3O4P.Ti/c;;;1-5(2,3)4;/h;;;(H3,1,2,3,4);/q2*+3;+1;;+4/p-3. The molecule has 0 aliphatic rings. The van der Waals surface area contributed by atoms with E-state index in [9.17, 15) is 0 Å². The third-order valence-electron chi connectivity index (χ3n) is 0. The number of hydrogen-bond acceptors (Lipinski definition) is 4. The summed E-state index contributed by atoms with van der Waals surface area (Å²) in [6.07, 6.45) is 0. The van der Waals surface area contributed by atoms with Crippen molar-refractivity contribution in [3.8, 4) is 0 Å². The molecule has 32 valence electrons. The fourth-order valence-corrected chi connectivity index (χ4v) is 0. The first-order chi connectivity index (χ1) is 2.00. The summed E-state index contributed by atoms with van der Waals surface area (Å²) >= 11 is 0. The maximum Gasteiger partial charge on any atom is 4.00 e. The van der Waals surface area contributed by atoms with E-state index in [4.69, 9.17) is 19.2 Å². The van der Waals surface area contributed by atoms with Crippen molar-refractivity contribution in [1.29, 1.82) is 0 Å². The second-order valence-corrected chi connectivity index (χ2v) is 1.34. The summed E-state index contributed by atoms with van der Waals surface area (Å²) in [6.45, 7) is 0. The van der Waals surface area contributed by atoms with E-state index in [1.807, 2.05) is 0 Å². The van der Waals surface area contributed by atoms with Crippen molar-refractivity contribution in [2.75, 3.05) is 0 Å². The molecule has 0 bridgehead atoms. The van der Waals surface area contributed by atoms with E-state index in [-0.39, 0.29) is 75.3 Å². The summed E-state index contributed by atoms with van der Waals surface area (Å²) < 4.78 is 8.55. The van der Waals surface area contributed by atoms with Crippen LogP contribution in [-0.2, 0) is 26.3 Å². The van der Waals surface area contributed by atoms with Crippen molar-refractivity contribution in [2.24, 2.45) is 0 Å². The first-order valence-electron chi connectivity index (χ1n) is 0.730. The molecule has 0 spiro atoms. The number of phosphoric acid groups is 1. The van der Waals surface area contributed by atoms with Gasteiger partial charge in [-0.1, -0.05) is 0 Å². The van der Waals surface area contributed by atoms with Gasteiger partial charge in [0.15, 0.2) is 0 Å². The van der Waals surface area contributed by atoms with Crippen molar-refractivity contribution < 1.29 is 59.8 Å². The first kappa shape index (κ1) is 30.0. The summed E-state index contributed by atoms with van der Waals surface area (Å²) in [7, 11) is -5.39. The Balaban J connectivity index is -0.0000000133. The van der Waals surface area contributed by atoms with Crippen LogP contribution in [-0.4, -0.2) is 34.7 Å². The van der Waals surface area contributed by atoms with Gasteiger partial charge in [0.25, 0.3) is 0 Å². The minimum absolute atomic E-state index is 0. The summed E-state index contributed by atoms with van der Waals surface area (Å²) in [5, 5.41) is 0. The average Bonchev–Trinajstić information content (AvgIpc) is 0.722. The van der Waals surface area contributed by atoms with Gasteiger partial charge in [0.2, 0.25) is 0 Å². The summed E-state index contributed by atoms with van der Waals surface area (Å²) in [4.78, 5) is 25.6. The minimum Gasteiger partial charge on any atom is -0.822 e. The normalized spacial score (nSPS) is 6.56. The monoisotopic (exact) mass is 204 g/mol. The summed E-state index contributed by atoms with van der Waals surface area (Å²) in [6, 6.07) is 0. The molecule has 0 rings (SSSR count). The van der Waals surface area contributed by atoms with E-state index in [1.54, 1.807) is 0 Å². The van der Waals surface area contributed by atoms with Crippen LogP contribution in [0.3, 0.4) is 0 Å². The zero-order chi connectivity index (χ0) is 4.50. The van der Waals surface area contributed by atoms with Crippen LogP contribution in [0.25, 0.3) is 0 Å².